The van der Waals surface area contributed by atoms with Crippen molar-refractivity contribution in [3.63, 3.8) is 0 Å². The minimum absolute atomic E-state index is 0.891. The average Bonchev–Trinajstić information content (AvgIpc) is 2.43. The molecule has 2 saturated carbocycles. The van der Waals surface area contributed by atoms with E-state index >= 15 is 0 Å². The van der Waals surface area contributed by atoms with Gasteiger partial charge in [-0.05, 0) is 43.3 Å². The van der Waals surface area contributed by atoms with Gasteiger partial charge in [0.2, 0.25) is 0 Å². The van der Waals surface area contributed by atoms with E-state index in [2.05, 4.69) is 31.7 Å². The van der Waals surface area contributed by atoms with Gasteiger partial charge in [-0.3, -0.25) is 0 Å². The highest BCUT2D eigenvalue weighted by atomic mass is 14.6. The summed E-state index contributed by atoms with van der Waals surface area (Å²) >= 11 is 0. The number of hydrogen-bond donors (Lipinski definition) is 0. The van der Waals surface area contributed by atoms with Crippen molar-refractivity contribution in [3.8, 4) is 0 Å². The van der Waals surface area contributed by atoms with Crippen LogP contribution >= 0.6 is 0 Å². The Bertz CT molecular complexity index is 302. The van der Waals surface area contributed by atoms with Crippen LogP contribution in [-0.4, -0.2) is 0 Å². The van der Waals surface area contributed by atoms with Crippen LogP contribution in [0.3, 0.4) is 0 Å². The zero-order valence-electron chi connectivity index (χ0n) is 7.67. The molecule has 62 valence electrons. The molecule has 0 N–H and O–H groups in total. The first-order valence-corrected chi connectivity index (χ1v) is 4.89. The van der Waals surface area contributed by atoms with E-state index in [1.54, 1.807) is 5.57 Å². The Balaban J connectivity index is 1.99. The zero-order valence-corrected chi connectivity index (χ0v) is 7.67. The molecule has 0 aliphatic heterocycles. The molecule has 0 heterocycles. The monoisotopic (exact) mass is 158 g/mol. The molecule has 0 amide bonds. The van der Waals surface area contributed by atoms with Gasteiger partial charge < -0.3 is 0 Å². The van der Waals surface area contributed by atoms with Crippen molar-refractivity contribution in [3.05, 3.63) is 29.0 Å². The molecule has 4 unspecified atom stereocenters. The fraction of sp³-hybridized carbons (Fsp3) is 0.583. The predicted octanol–water partition coefficient (Wildman–Crippen LogP) is 2.93. The summed E-state index contributed by atoms with van der Waals surface area (Å²) in [6, 6.07) is 0. The maximum atomic E-state index is 3.51. The van der Waals surface area contributed by atoms with Crippen molar-refractivity contribution in [1.29, 1.82) is 0 Å². The highest BCUT2D eigenvalue weighted by Gasteiger charge is 2.59. The molecule has 2 fully saturated rings. The van der Waals surface area contributed by atoms with Crippen LogP contribution in [0.25, 0.3) is 0 Å². The Labute approximate surface area is 73.7 Å². The van der Waals surface area contributed by atoms with Crippen LogP contribution in [0.5, 0.6) is 0 Å². The minimum atomic E-state index is 0.891. The van der Waals surface area contributed by atoms with Gasteiger partial charge >= 0.3 is 0 Å². The molecule has 0 aromatic carbocycles. The lowest BCUT2D eigenvalue weighted by Crippen LogP contribution is -1.90. The summed E-state index contributed by atoms with van der Waals surface area (Å²) in [6.07, 6.45) is 6.28. The fourth-order valence-corrected chi connectivity index (χ4v) is 3.04. The second kappa shape index (κ2) is 1.95. The molecule has 0 saturated heterocycles. The molecule has 4 atom stereocenters. The summed E-state index contributed by atoms with van der Waals surface area (Å²) in [4.78, 5) is 0. The second-order valence-corrected chi connectivity index (χ2v) is 4.58. The first-order valence-electron chi connectivity index (χ1n) is 4.89. The van der Waals surface area contributed by atoms with E-state index in [9.17, 15) is 0 Å². The third-order valence-corrected chi connectivity index (χ3v) is 3.46. The normalized spacial score (nSPS) is 46.0. The lowest BCUT2D eigenvalue weighted by atomic mass is 10.0. The summed E-state index contributed by atoms with van der Waals surface area (Å²) in [6.45, 7) is 4.30. The lowest BCUT2D eigenvalue weighted by Gasteiger charge is -1.99. The Hall–Kier alpha value is -0.740. The number of fused-ring (bicyclic) bond motifs is 5. The van der Waals surface area contributed by atoms with Crippen LogP contribution in [0.4, 0.5) is 0 Å². The third kappa shape index (κ3) is 0.690. The Morgan fingerprint density at radius 1 is 1.25 bits per heavy atom. The molecule has 3 rings (SSSR count). The third-order valence-electron chi connectivity index (χ3n) is 3.46. The molecule has 0 radical (unpaired) electrons. The maximum absolute atomic E-state index is 3.51. The molecular formula is C12H14. The topological polar surface area (TPSA) is 0 Å². The Morgan fingerprint density at radius 3 is 2.33 bits per heavy atom. The van der Waals surface area contributed by atoms with Crippen LogP contribution in [0.15, 0.2) is 29.0 Å². The van der Waals surface area contributed by atoms with Crippen molar-refractivity contribution in [2.45, 2.75) is 20.3 Å². The van der Waals surface area contributed by atoms with E-state index in [0.717, 1.165) is 23.7 Å². The van der Waals surface area contributed by atoms with Gasteiger partial charge in [-0.25, -0.2) is 0 Å². The van der Waals surface area contributed by atoms with Crippen LogP contribution in [0.1, 0.15) is 20.3 Å². The highest BCUT2D eigenvalue weighted by molar-refractivity contribution is 5.41. The molecule has 0 spiro atoms. The highest BCUT2D eigenvalue weighted by Crippen LogP contribution is 2.66. The number of hydrogen-bond acceptors (Lipinski definition) is 0. The maximum Gasteiger partial charge on any atom is 0.00168 e. The molecule has 0 heteroatoms. The van der Waals surface area contributed by atoms with E-state index in [-0.39, 0.29) is 0 Å². The van der Waals surface area contributed by atoms with Crippen LogP contribution < -0.4 is 0 Å². The summed E-state index contributed by atoms with van der Waals surface area (Å²) < 4.78 is 0. The molecule has 0 aromatic rings. The summed E-state index contributed by atoms with van der Waals surface area (Å²) in [5, 5.41) is 0. The van der Waals surface area contributed by atoms with E-state index in [1.807, 2.05) is 0 Å². The van der Waals surface area contributed by atoms with Crippen molar-refractivity contribution >= 4 is 0 Å². The van der Waals surface area contributed by atoms with Crippen molar-refractivity contribution < 1.29 is 0 Å². The van der Waals surface area contributed by atoms with E-state index in [1.165, 1.54) is 12.0 Å². The smallest absolute Gasteiger partial charge is 0.00168 e. The van der Waals surface area contributed by atoms with Crippen LogP contribution in [-0.2, 0) is 0 Å². The van der Waals surface area contributed by atoms with E-state index in [4.69, 9.17) is 0 Å². The molecule has 2 bridgehead atoms. The summed E-state index contributed by atoms with van der Waals surface area (Å²) in [7, 11) is 0. The molecular weight excluding hydrogens is 144 g/mol. The van der Waals surface area contributed by atoms with Gasteiger partial charge in [-0.2, -0.15) is 0 Å². The minimum Gasteiger partial charge on any atom is -0.123 e. The molecule has 0 aromatic heterocycles. The van der Waals surface area contributed by atoms with Crippen molar-refractivity contribution in [2.75, 3.05) is 0 Å². The predicted molar refractivity (Wildman–Crippen MR) is 49.6 cm³/mol. The molecule has 3 aliphatic carbocycles. The summed E-state index contributed by atoms with van der Waals surface area (Å²) in [5.41, 5.74) is 6.49. The first-order chi connectivity index (χ1) is 5.77. The molecule has 0 nitrogen and oxygen atoms in total. The van der Waals surface area contributed by atoms with Gasteiger partial charge in [0.15, 0.2) is 0 Å². The van der Waals surface area contributed by atoms with Gasteiger partial charge in [0.25, 0.3) is 0 Å². The van der Waals surface area contributed by atoms with Gasteiger partial charge in [0.05, 0.1) is 0 Å². The molecule has 3 aliphatic rings. The first kappa shape index (κ1) is 6.74. The van der Waals surface area contributed by atoms with Gasteiger partial charge in [-0.1, -0.05) is 12.2 Å². The Kier molecular flexibility index (Phi) is 1.09. The standard InChI is InChI=1S/C12H14/c1-7(2)5-10-11-8-3-4-9(6-8)12(10)11/h3-4,8-9,11-12H,6H2,1-2H3. The fourth-order valence-electron chi connectivity index (χ4n) is 3.04. The molecule has 12 heavy (non-hydrogen) atoms. The van der Waals surface area contributed by atoms with Gasteiger partial charge in [0, 0.05) is 11.8 Å². The number of allylic oxidation sites excluding steroid dienone is 3. The zero-order chi connectivity index (χ0) is 8.29. The number of rotatable bonds is 0. The lowest BCUT2D eigenvalue weighted by molar-refractivity contribution is 0.616. The van der Waals surface area contributed by atoms with Crippen molar-refractivity contribution in [1.82, 2.24) is 0 Å². The quantitative estimate of drug-likeness (QED) is 0.375. The largest absolute Gasteiger partial charge is 0.123 e. The van der Waals surface area contributed by atoms with Gasteiger partial charge in [-0.15, -0.1) is 5.73 Å². The van der Waals surface area contributed by atoms with Crippen molar-refractivity contribution in [2.24, 2.45) is 23.7 Å². The summed E-state index contributed by atoms with van der Waals surface area (Å²) in [5.74, 6) is 3.61. The van der Waals surface area contributed by atoms with Crippen LogP contribution in [0.2, 0.25) is 0 Å². The van der Waals surface area contributed by atoms with E-state index in [0.29, 0.717) is 0 Å². The van der Waals surface area contributed by atoms with E-state index < -0.39 is 0 Å². The average molecular weight is 158 g/mol. The second-order valence-electron chi connectivity index (χ2n) is 4.58. The van der Waals surface area contributed by atoms with Crippen LogP contribution in [0, 0.1) is 23.7 Å². The van der Waals surface area contributed by atoms with Gasteiger partial charge in [0.1, 0.15) is 0 Å². The Morgan fingerprint density at radius 2 is 1.83 bits per heavy atom. The SMILES string of the molecule is CC(C)=C=C1C2C3C=CC(C3)C12.